The number of H-pyrrole nitrogens is 1. The molecule has 1 atom stereocenters. The van der Waals surface area contributed by atoms with E-state index in [1.807, 2.05) is 26.1 Å². The van der Waals surface area contributed by atoms with Gasteiger partial charge in [0.25, 0.3) is 0 Å². The van der Waals surface area contributed by atoms with E-state index in [1.54, 1.807) is 4.68 Å². The summed E-state index contributed by atoms with van der Waals surface area (Å²) in [5.41, 5.74) is 4.96. The lowest BCUT2D eigenvalue weighted by Gasteiger charge is -2.11. The van der Waals surface area contributed by atoms with Crippen molar-refractivity contribution >= 4 is 16.8 Å². The molecule has 1 saturated carbocycles. The number of aromatic nitrogens is 5. The molecule has 134 valence electrons. The number of hydrogen-bond donors (Lipinski definition) is 1. The van der Waals surface area contributed by atoms with Crippen molar-refractivity contribution in [3.63, 3.8) is 0 Å². The summed E-state index contributed by atoms with van der Waals surface area (Å²) in [6.45, 7) is 2.58. The van der Waals surface area contributed by atoms with Crippen molar-refractivity contribution in [3.8, 4) is 11.3 Å². The van der Waals surface area contributed by atoms with Gasteiger partial charge in [0.15, 0.2) is 5.78 Å². The van der Waals surface area contributed by atoms with E-state index < -0.39 is 0 Å². The van der Waals surface area contributed by atoms with Crippen LogP contribution < -0.4 is 0 Å². The average molecular weight is 351 g/mol. The molecule has 0 bridgehead atoms. The van der Waals surface area contributed by atoms with Crippen molar-refractivity contribution in [2.45, 2.75) is 44.6 Å². The molecule has 1 saturated heterocycles. The number of carbonyl (C=O) groups excluding carboxylic acids is 1. The second-order valence-electron chi connectivity index (χ2n) is 7.33. The maximum atomic E-state index is 13.1. The molecule has 2 aromatic heterocycles. The van der Waals surface area contributed by atoms with Gasteiger partial charge in [-0.15, -0.1) is 5.10 Å². The number of hydrogen-bond acceptors (Lipinski definition) is 5. The standard InChI is InChI=1S/C19H21N5O2/c1-10-17(24(2)23-22-10)12-8-13(18(25)15-4-3-7-26-15)16-14(9-12)20-19(21-16)11-5-6-11/h8-9,11,15H,3-7H2,1-2H3,(H,20,21). The Hall–Kier alpha value is -2.54. The first-order chi connectivity index (χ1) is 12.6. The molecule has 1 unspecified atom stereocenters. The van der Waals surface area contributed by atoms with Gasteiger partial charge in [-0.1, -0.05) is 5.21 Å². The molecule has 1 N–H and O–H groups in total. The van der Waals surface area contributed by atoms with Crippen LogP contribution in [0, 0.1) is 6.92 Å². The topological polar surface area (TPSA) is 85.7 Å². The van der Waals surface area contributed by atoms with Crippen molar-refractivity contribution in [1.29, 1.82) is 0 Å². The van der Waals surface area contributed by atoms with Gasteiger partial charge >= 0.3 is 0 Å². The third kappa shape index (κ3) is 2.46. The summed E-state index contributed by atoms with van der Waals surface area (Å²) in [5, 5.41) is 8.24. The van der Waals surface area contributed by atoms with Gasteiger partial charge in [0.2, 0.25) is 0 Å². The predicted molar refractivity (Wildman–Crippen MR) is 96.1 cm³/mol. The van der Waals surface area contributed by atoms with Gasteiger partial charge in [-0.05, 0) is 44.7 Å². The van der Waals surface area contributed by atoms with E-state index in [-0.39, 0.29) is 11.9 Å². The summed E-state index contributed by atoms with van der Waals surface area (Å²) in [5.74, 6) is 1.51. The van der Waals surface area contributed by atoms with Gasteiger partial charge < -0.3 is 9.72 Å². The number of aromatic amines is 1. The van der Waals surface area contributed by atoms with E-state index in [4.69, 9.17) is 9.72 Å². The van der Waals surface area contributed by atoms with Crippen LogP contribution >= 0.6 is 0 Å². The Kier molecular flexibility index (Phi) is 3.46. The summed E-state index contributed by atoms with van der Waals surface area (Å²) in [6.07, 6.45) is 3.66. The van der Waals surface area contributed by atoms with Gasteiger partial charge in [0.05, 0.1) is 22.4 Å². The van der Waals surface area contributed by atoms with E-state index in [2.05, 4.69) is 15.3 Å². The number of imidazole rings is 1. The normalized spacial score (nSPS) is 20.2. The van der Waals surface area contributed by atoms with E-state index in [1.165, 1.54) is 0 Å². The smallest absolute Gasteiger partial charge is 0.193 e. The summed E-state index contributed by atoms with van der Waals surface area (Å²) in [4.78, 5) is 21.3. The molecule has 0 spiro atoms. The van der Waals surface area contributed by atoms with Crippen LogP contribution in [0.15, 0.2) is 12.1 Å². The van der Waals surface area contributed by atoms with Gasteiger partial charge in [-0.3, -0.25) is 4.79 Å². The molecule has 7 heteroatoms. The van der Waals surface area contributed by atoms with Gasteiger partial charge in [-0.2, -0.15) is 0 Å². The Bertz CT molecular complexity index is 989. The van der Waals surface area contributed by atoms with Crippen LogP contribution in [-0.2, 0) is 11.8 Å². The van der Waals surface area contributed by atoms with Crippen molar-refractivity contribution in [3.05, 3.63) is 29.2 Å². The highest BCUT2D eigenvalue weighted by Crippen LogP contribution is 2.40. The van der Waals surface area contributed by atoms with Crippen LogP contribution in [0.5, 0.6) is 0 Å². The zero-order valence-electron chi connectivity index (χ0n) is 15.0. The largest absolute Gasteiger partial charge is 0.370 e. The Morgan fingerprint density at radius 2 is 2.15 bits per heavy atom. The minimum Gasteiger partial charge on any atom is -0.370 e. The van der Waals surface area contributed by atoms with Crippen molar-refractivity contribution < 1.29 is 9.53 Å². The summed E-state index contributed by atoms with van der Waals surface area (Å²) in [7, 11) is 1.86. The Labute approximate surface area is 150 Å². The second-order valence-corrected chi connectivity index (χ2v) is 7.33. The number of ketones is 1. The molecule has 2 aliphatic rings. The molecule has 5 rings (SSSR count). The average Bonchev–Trinajstić information content (AvgIpc) is 3.04. The maximum Gasteiger partial charge on any atom is 0.193 e. The zero-order chi connectivity index (χ0) is 17.8. The van der Waals surface area contributed by atoms with Crippen molar-refractivity contribution in [2.75, 3.05) is 6.61 Å². The fourth-order valence-electron chi connectivity index (χ4n) is 3.83. The summed E-state index contributed by atoms with van der Waals surface area (Å²) in [6, 6.07) is 3.97. The Balaban J connectivity index is 1.70. The van der Waals surface area contributed by atoms with Gasteiger partial charge in [-0.25, -0.2) is 9.67 Å². The second kappa shape index (κ2) is 5.74. The van der Waals surface area contributed by atoms with Crippen LogP contribution in [0.3, 0.4) is 0 Å². The summed E-state index contributed by atoms with van der Waals surface area (Å²) < 4.78 is 7.39. The molecule has 1 aliphatic carbocycles. The molecule has 3 heterocycles. The molecule has 1 aromatic carbocycles. The molecular formula is C19H21N5O2. The SMILES string of the molecule is Cc1nnn(C)c1-c1cc(C(=O)C2CCCO2)c2nc(C3CC3)[nH]c2c1. The van der Waals surface area contributed by atoms with Crippen LogP contribution in [0.25, 0.3) is 22.3 Å². The Morgan fingerprint density at radius 1 is 1.31 bits per heavy atom. The third-order valence-corrected chi connectivity index (χ3v) is 5.33. The molecule has 2 fully saturated rings. The number of nitrogens with one attached hydrogen (secondary N) is 1. The van der Waals surface area contributed by atoms with Crippen LogP contribution in [0.1, 0.15) is 53.5 Å². The highest BCUT2D eigenvalue weighted by Gasteiger charge is 2.31. The van der Waals surface area contributed by atoms with Gasteiger partial charge in [0.1, 0.15) is 11.9 Å². The number of ether oxygens (including phenoxy) is 1. The lowest BCUT2D eigenvalue weighted by Crippen LogP contribution is -2.20. The van der Waals surface area contributed by atoms with Crippen LogP contribution in [0.2, 0.25) is 0 Å². The lowest BCUT2D eigenvalue weighted by atomic mass is 9.98. The number of benzene rings is 1. The van der Waals surface area contributed by atoms with Gasteiger partial charge in [0, 0.05) is 30.7 Å². The number of carbonyl (C=O) groups is 1. The minimum absolute atomic E-state index is 0.0241. The highest BCUT2D eigenvalue weighted by molar-refractivity contribution is 6.10. The van der Waals surface area contributed by atoms with E-state index >= 15 is 0 Å². The number of aryl methyl sites for hydroxylation is 2. The highest BCUT2D eigenvalue weighted by atomic mass is 16.5. The molecule has 7 nitrogen and oxygen atoms in total. The lowest BCUT2D eigenvalue weighted by molar-refractivity contribution is 0.0644. The molecule has 0 amide bonds. The minimum atomic E-state index is -0.361. The first-order valence-corrected chi connectivity index (χ1v) is 9.18. The van der Waals surface area contributed by atoms with Crippen molar-refractivity contribution in [2.24, 2.45) is 7.05 Å². The fraction of sp³-hybridized carbons (Fsp3) is 0.474. The number of fused-ring (bicyclic) bond motifs is 1. The predicted octanol–water partition coefficient (Wildman–Crippen LogP) is 2.91. The van der Waals surface area contributed by atoms with E-state index in [9.17, 15) is 4.79 Å². The molecule has 1 aliphatic heterocycles. The van der Waals surface area contributed by atoms with E-state index in [0.29, 0.717) is 18.1 Å². The first-order valence-electron chi connectivity index (χ1n) is 9.18. The van der Waals surface area contributed by atoms with Crippen LogP contribution in [-0.4, -0.2) is 43.5 Å². The Morgan fingerprint density at radius 3 is 2.81 bits per heavy atom. The summed E-state index contributed by atoms with van der Waals surface area (Å²) >= 11 is 0. The fourth-order valence-corrected chi connectivity index (χ4v) is 3.83. The monoisotopic (exact) mass is 351 g/mol. The molecular weight excluding hydrogens is 330 g/mol. The van der Waals surface area contributed by atoms with Crippen molar-refractivity contribution in [1.82, 2.24) is 25.0 Å². The zero-order valence-corrected chi connectivity index (χ0v) is 15.0. The number of nitrogens with zero attached hydrogens (tertiary/aromatic N) is 4. The van der Waals surface area contributed by atoms with E-state index in [0.717, 1.165) is 59.5 Å². The number of Topliss-reactive ketones (excluding diaryl/α,β-unsaturated/α-hetero) is 1. The molecule has 3 aromatic rings. The van der Waals surface area contributed by atoms with Crippen LogP contribution in [0.4, 0.5) is 0 Å². The maximum absolute atomic E-state index is 13.1. The number of rotatable bonds is 4. The first kappa shape index (κ1) is 15.7. The third-order valence-electron chi connectivity index (χ3n) is 5.33. The molecule has 26 heavy (non-hydrogen) atoms. The molecule has 0 radical (unpaired) electrons. The quantitative estimate of drug-likeness (QED) is 0.731.